The van der Waals surface area contributed by atoms with E-state index in [1.54, 1.807) is 6.26 Å². The first-order valence-corrected chi connectivity index (χ1v) is 5.46. The van der Waals surface area contributed by atoms with Crippen LogP contribution >= 0.6 is 0 Å². The molecule has 1 saturated carbocycles. The minimum atomic E-state index is 0.192. The quantitative estimate of drug-likeness (QED) is 0.512. The summed E-state index contributed by atoms with van der Waals surface area (Å²) in [4.78, 5) is 11.7. The zero-order valence-electron chi connectivity index (χ0n) is 9.38. The number of allylic oxidation sites excluding steroid dienone is 1. The summed E-state index contributed by atoms with van der Waals surface area (Å²) in [7, 11) is 0. The second kappa shape index (κ2) is 5.18. The molecule has 14 heavy (non-hydrogen) atoms. The minimum Gasteiger partial charge on any atom is -0.501 e. The van der Waals surface area contributed by atoms with Crippen molar-refractivity contribution in [1.82, 2.24) is 0 Å². The van der Waals surface area contributed by atoms with Gasteiger partial charge in [0.05, 0.1) is 12.9 Å². The molecule has 1 atom stereocenters. The Morgan fingerprint density at radius 2 is 2.29 bits per heavy atom. The van der Waals surface area contributed by atoms with Crippen LogP contribution in [0.1, 0.15) is 40.0 Å². The second-order valence-corrected chi connectivity index (χ2v) is 4.53. The molecule has 1 unspecified atom stereocenters. The van der Waals surface area contributed by atoms with E-state index in [2.05, 4.69) is 13.8 Å². The molecule has 0 amide bonds. The van der Waals surface area contributed by atoms with Gasteiger partial charge in [-0.05, 0) is 25.2 Å². The van der Waals surface area contributed by atoms with Gasteiger partial charge in [-0.15, -0.1) is 0 Å². The average Bonchev–Trinajstić information content (AvgIpc) is 2.12. The van der Waals surface area contributed by atoms with Gasteiger partial charge in [0.2, 0.25) is 0 Å². The van der Waals surface area contributed by atoms with E-state index in [4.69, 9.17) is 4.74 Å². The Labute approximate surface area is 86.3 Å². The molecular weight excluding hydrogens is 176 g/mol. The first kappa shape index (κ1) is 11.3. The van der Waals surface area contributed by atoms with Gasteiger partial charge in [0.1, 0.15) is 0 Å². The second-order valence-electron chi connectivity index (χ2n) is 4.53. The molecule has 0 aromatic heterocycles. The smallest absolute Gasteiger partial charge is 0.164 e. The van der Waals surface area contributed by atoms with E-state index in [1.807, 2.05) is 6.92 Å². The number of hydrogen-bond donors (Lipinski definition) is 0. The van der Waals surface area contributed by atoms with Gasteiger partial charge in [0, 0.05) is 11.5 Å². The summed E-state index contributed by atoms with van der Waals surface area (Å²) < 4.78 is 5.37. The molecule has 0 aromatic carbocycles. The van der Waals surface area contributed by atoms with Crippen molar-refractivity contribution in [2.75, 3.05) is 6.61 Å². The summed E-state index contributed by atoms with van der Waals surface area (Å²) in [5.41, 5.74) is 0.879. The Morgan fingerprint density at radius 1 is 1.57 bits per heavy atom. The van der Waals surface area contributed by atoms with Crippen molar-refractivity contribution in [2.45, 2.75) is 40.0 Å². The first-order valence-electron chi connectivity index (χ1n) is 5.46. The van der Waals surface area contributed by atoms with E-state index in [1.165, 1.54) is 0 Å². The molecule has 80 valence electrons. The van der Waals surface area contributed by atoms with Gasteiger partial charge in [0.15, 0.2) is 5.78 Å². The molecule has 0 saturated heterocycles. The highest BCUT2D eigenvalue weighted by molar-refractivity contribution is 5.97. The van der Waals surface area contributed by atoms with Crippen LogP contribution in [0.3, 0.4) is 0 Å². The molecule has 2 heteroatoms. The maximum atomic E-state index is 11.7. The van der Waals surface area contributed by atoms with Crippen LogP contribution in [0, 0.1) is 11.8 Å². The van der Waals surface area contributed by atoms with Crippen LogP contribution < -0.4 is 0 Å². The van der Waals surface area contributed by atoms with Crippen molar-refractivity contribution >= 4 is 5.78 Å². The molecule has 1 fully saturated rings. The summed E-state index contributed by atoms with van der Waals surface area (Å²) in [6.07, 6.45) is 4.71. The summed E-state index contributed by atoms with van der Waals surface area (Å²) in [6.45, 7) is 6.90. The highest BCUT2D eigenvalue weighted by Crippen LogP contribution is 2.24. The molecule has 0 spiro atoms. The van der Waals surface area contributed by atoms with Gasteiger partial charge in [-0.2, -0.15) is 0 Å². The largest absolute Gasteiger partial charge is 0.501 e. The Morgan fingerprint density at radius 3 is 2.93 bits per heavy atom. The summed E-state index contributed by atoms with van der Waals surface area (Å²) in [5, 5.41) is 0. The predicted molar refractivity (Wildman–Crippen MR) is 56.9 cm³/mol. The Kier molecular flexibility index (Phi) is 4.18. The zero-order valence-corrected chi connectivity index (χ0v) is 9.38. The fraction of sp³-hybridized carbons (Fsp3) is 0.750. The topological polar surface area (TPSA) is 26.3 Å². The Hall–Kier alpha value is -0.790. The van der Waals surface area contributed by atoms with Crippen molar-refractivity contribution in [3.63, 3.8) is 0 Å². The zero-order chi connectivity index (χ0) is 10.6. The summed E-state index contributed by atoms with van der Waals surface area (Å²) in [6, 6.07) is 0. The number of carbonyl (C=O) groups is 1. The summed E-state index contributed by atoms with van der Waals surface area (Å²) >= 11 is 0. The van der Waals surface area contributed by atoms with Crippen molar-refractivity contribution < 1.29 is 9.53 Å². The monoisotopic (exact) mass is 196 g/mol. The van der Waals surface area contributed by atoms with E-state index in [-0.39, 0.29) is 11.7 Å². The van der Waals surface area contributed by atoms with Crippen LogP contribution in [-0.4, -0.2) is 12.4 Å². The number of ketones is 1. The molecule has 1 rings (SSSR count). The maximum Gasteiger partial charge on any atom is 0.164 e. The van der Waals surface area contributed by atoms with E-state index in [0.29, 0.717) is 12.5 Å². The molecule has 0 N–H and O–H groups in total. The number of ether oxygens (including phenoxy) is 1. The first-order chi connectivity index (χ1) is 6.61. The van der Waals surface area contributed by atoms with Crippen LogP contribution in [0.2, 0.25) is 0 Å². The number of carbonyl (C=O) groups excluding carboxylic acids is 1. The SMILES string of the molecule is CC(C)COC=C1CCCC(C)C1=O. The Bertz CT molecular complexity index is 228. The molecule has 0 heterocycles. The number of hydrogen-bond acceptors (Lipinski definition) is 2. The van der Waals surface area contributed by atoms with Gasteiger partial charge in [0.25, 0.3) is 0 Å². The van der Waals surface area contributed by atoms with Gasteiger partial charge in [-0.3, -0.25) is 4.79 Å². The molecule has 0 aliphatic heterocycles. The number of rotatable bonds is 3. The fourth-order valence-corrected chi connectivity index (χ4v) is 1.63. The van der Waals surface area contributed by atoms with Crippen molar-refractivity contribution in [1.29, 1.82) is 0 Å². The van der Waals surface area contributed by atoms with Gasteiger partial charge in [-0.25, -0.2) is 0 Å². The van der Waals surface area contributed by atoms with Crippen LogP contribution in [0.4, 0.5) is 0 Å². The summed E-state index contributed by atoms with van der Waals surface area (Å²) in [5.74, 6) is 0.987. The molecule has 1 aliphatic carbocycles. The molecule has 2 nitrogen and oxygen atoms in total. The third-order valence-corrected chi connectivity index (χ3v) is 2.50. The van der Waals surface area contributed by atoms with Crippen molar-refractivity contribution in [3.8, 4) is 0 Å². The average molecular weight is 196 g/mol. The molecule has 1 aliphatic rings. The van der Waals surface area contributed by atoms with Crippen LogP contribution in [0.15, 0.2) is 11.8 Å². The van der Waals surface area contributed by atoms with E-state index >= 15 is 0 Å². The third kappa shape index (κ3) is 3.17. The molecule has 0 bridgehead atoms. The lowest BCUT2D eigenvalue weighted by Crippen LogP contribution is -2.19. The van der Waals surface area contributed by atoms with E-state index < -0.39 is 0 Å². The van der Waals surface area contributed by atoms with E-state index in [9.17, 15) is 4.79 Å². The van der Waals surface area contributed by atoms with Crippen molar-refractivity contribution in [2.24, 2.45) is 11.8 Å². The van der Waals surface area contributed by atoms with Crippen LogP contribution in [-0.2, 0) is 9.53 Å². The van der Waals surface area contributed by atoms with E-state index in [0.717, 1.165) is 24.8 Å². The lowest BCUT2D eigenvalue weighted by molar-refractivity contribution is -0.120. The molecule has 0 aromatic rings. The maximum absolute atomic E-state index is 11.7. The molecular formula is C12H20O2. The normalized spacial score (nSPS) is 25.9. The molecule has 0 radical (unpaired) electrons. The predicted octanol–water partition coefficient (Wildman–Crippen LogP) is 2.93. The highest BCUT2D eigenvalue weighted by atomic mass is 16.5. The van der Waals surface area contributed by atoms with Gasteiger partial charge in [-0.1, -0.05) is 20.8 Å². The standard InChI is InChI=1S/C12H20O2/c1-9(2)7-14-8-11-6-4-5-10(3)12(11)13/h8-10H,4-7H2,1-3H3. The minimum absolute atomic E-state index is 0.192. The van der Waals surface area contributed by atoms with Crippen LogP contribution in [0.25, 0.3) is 0 Å². The van der Waals surface area contributed by atoms with Crippen LogP contribution in [0.5, 0.6) is 0 Å². The lowest BCUT2D eigenvalue weighted by atomic mass is 9.86. The highest BCUT2D eigenvalue weighted by Gasteiger charge is 2.22. The number of Topliss-reactive ketones (excluding diaryl/α,β-unsaturated/α-hetero) is 1. The third-order valence-electron chi connectivity index (χ3n) is 2.50. The lowest BCUT2D eigenvalue weighted by Gasteiger charge is -2.19. The van der Waals surface area contributed by atoms with Gasteiger partial charge >= 0.3 is 0 Å². The Balaban J connectivity index is 2.45. The fourth-order valence-electron chi connectivity index (χ4n) is 1.63. The van der Waals surface area contributed by atoms with Gasteiger partial charge < -0.3 is 4.74 Å². The van der Waals surface area contributed by atoms with Crippen molar-refractivity contribution in [3.05, 3.63) is 11.8 Å².